The second-order valence-corrected chi connectivity index (χ2v) is 8.56. The van der Waals surface area contributed by atoms with E-state index in [1.165, 1.54) is 43.0 Å². The van der Waals surface area contributed by atoms with Crippen LogP contribution in [0.15, 0.2) is 54.9 Å². The standard InChI is InChI=1S/C26H20F5N5O3/c1-14(18-11-17(27)4-5-19(18)28)39-24(38)12-21-25(34-35-36(21)2)20-6-3-16(13-33-20)22(37)9-15-7-8-32-23(10-15)26(29,30)31/h3-8,10-11,13-14H,9,12H2,1-2H3/t14-/m1/s1. The lowest BCUT2D eigenvalue weighted by Gasteiger charge is -2.15. The summed E-state index contributed by atoms with van der Waals surface area (Å²) in [5.74, 6) is -2.61. The molecule has 0 amide bonds. The summed E-state index contributed by atoms with van der Waals surface area (Å²) < 4.78 is 72.8. The molecule has 0 aliphatic rings. The van der Waals surface area contributed by atoms with Crippen molar-refractivity contribution >= 4 is 11.8 Å². The molecule has 0 saturated heterocycles. The molecule has 0 fully saturated rings. The minimum Gasteiger partial charge on any atom is -0.457 e. The molecule has 0 radical (unpaired) electrons. The van der Waals surface area contributed by atoms with Crippen LogP contribution in [0.3, 0.4) is 0 Å². The third kappa shape index (κ3) is 6.48. The zero-order valence-electron chi connectivity index (χ0n) is 20.5. The number of benzene rings is 1. The molecule has 202 valence electrons. The van der Waals surface area contributed by atoms with Gasteiger partial charge in [-0.1, -0.05) is 5.21 Å². The Morgan fingerprint density at radius 3 is 2.49 bits per heavy atom. The summed E-state index contributed by atoms with van der Waals surface area (Å²) >= 11 is 0. The highest BCUT2D eigenvalue weighted by Gasteiger charge is 2.32. The first-order valence-corrected chi connectivity index (χ1v) is 11.5. The number of esters is 1. The zero-order chi connectivity index (χ0) is 28.3. The molecule has 39 heavy (non-hydrogen) atoms. The summed E-state index contributed by atoms with van der Waals surface area (Å²) in [7, 11) is 1.54. The molecule has 1 atom stereocenters. The molecule has 0 unspecified atom stereocenters. The van der Waals surface area contributed by atoms with Crippen LogP contribution in [0.1, 0.15) is 45.9 Å². The Labute approximate surface area is 218 Å². The van der Waals surface area contributed by atoms with Crippen molar-refractivity contribution in [1.82, 2.24) is 25.0 Å². The van der Waals surface area contributed by atoms with Crippen LogP contribution in [-0.2, 0) is 35.6 Å². The first kappa shape index (κ1) is 27.5. The third-order valence-corrected chi connectivity index (χ3v) is 5.77. The number of nitrogens with zero attached hydrogens (tertiary/aromatic N) is 5. The summed E-state index contributed by atoms with van der Waals surface area (Å²) in [5.41, 5.74) is -0.0965. The summed E-state index contributed by atoms with van der Waals surface area (Å²) in [4.78, 5) is 32.7. The quantitative estimate of drug-likeness (QED) is 0.177. The van der Waals surface area contributed by atoms with Crippen LogP contribution in [0.5, 0.6) is 0 Å². The first-order valence-electron chi connectivity index (χ1n) is 11.5. The molecule has 0 aliphatic carbocycles. The molecule has 13 heteroatoms. The van der Waals surface area contributed by atoms with Crippen LogP contribution in [0.4, 0.5) is 22.0 Å². The van der Waals surface area contributed by atoms with Crippen LogP contribution >= 0.6 is 0 Å². The molecule has 0 spiro atoms. The van der Waals surface area contributed by atoms with E-state index in [0.29, 0.717) is 5.69 Å². The second-order valence-electron chi connectivity index (χ2n) is 8.56. The number of aryl methyl sites for hydroxylation is 1. The first-order chi connectivity index (χ1) is 18.4. The number of rotatable bonds is 8. The Bertz CT molecular complexity index is 1520. The van der Waals surface area contributed by atoms with Crippen molar-refractivity contribution in [2.75, 3.05) is 0 Å². The topological polar surface area (TPSA) is 99.9 Å². The Hall–Kier alpha value is -4.55. The van der Waals surface area contributed by atoms with Crippen molar-refractivity contribution in [3.8, 4) is 11.4 Å². The average Bonchev–Trinajstić information content (AvgIpc) is 3.24. The van der Waals surface area contributed by atoms with E-state index in [0.717, 1.165) is 30.5 Å². The molecule has 0 bridgehead atoms. The number of carbonyl (C=O) groups excluding carboxylic acids is 2. The molecule has 0 aliphatic heterocycles. The molecule has 0 N–H and O–H groups in total. The van der Waals surface area contributed by atoms with Gasteiger partial charge < -0.3 is 4.74 Å². The lowest BCUT2D eigenvalue weighted by atomic mass is 10.0. The fourth-order valence-corrected chi connectivity index (χ4v) is 3.76. The van der Waals surface area contributed by atoms with Gasteiger partial charge in [0.1, 0.15) is 29.1 Å². The van der Waals surface area contributed by atoms with E-state index < -0.39 is 41.4 Å². The highest BCUT2D eigenvalue weighted by atomic mass is 19.4. The highest BCUT2D eigenvalue weighted by Crippen LogP contribution is 2.28. The van der Waals surface area contributed by atoms with Gasteiger partial charge in [-0.2, -0.15) is 13.2 Å². The van der Waals surface area contributed by atoms with Crippen LogP contribution in [-0.4, -0.2) is 36.7 Å². The van der Waals surface area contributed by atoms with Crippen molar-refractivity contribution in [2.45, 2.75) is 32.0 Å². The van der Waals surface area contributed by atoms with Gasteiger partial charge in [-0.3, -0.25) is 24.2 Å². The monoisotopic (exact) mass is 545 g/mol. The van der Waals surface area contributed by atoms with Gasteiger partial charge in [0, 0.05) is 37.0 Å². The van der Waals surface area contributed by atoms with Crippen molar-refractivity contribution in [2.24, 2.45) is 7.05 Å². The van der Waals surface area contributed by atoms with E-state index in [9.17, 15) is 31.5 Å². The third-order valence-electron chi connectivity index (χ3n) is 5.77. The molecule has 8 nitrogen and oxygen atoms in total. The maximum atomic E-state index is 14.0. The number of hydrogen-bond donors (Lipinski definition) is 0. The van der Waals surface area contributed by atoms with Crippen LogP contribution in [0.2, 0.25) is 0 Å². The van der Waals surface area contributed by atoms with Gasteiger partial charge in [-0.15, -0.1) is 5.10 Å². The summed E-state index contributed by atoms with van der Waals surface area (Å²) in [5, 5.41) is 7.91. The molecule has 0 saturated carbocycles. The number of halogens is 5. The number of pyridine rings is 2. The smallest absolute Gasteiger partial charge is 0.433 e. The number of ether oxygens (including phenoxy) is 1. The zero-order valence-corrected chi connectivity index (χ0v) is 20.5. The molecular formula is C26H20F5N5O3. The SMILES string of the molecule is C[C@@H](OC(=O)Cc1c(-c2ccc(C(=O)Cc3ccnc(C(F)(F)F)c3)cn2)nnn1C)c1cc(F)ccc1F. The number of alkyl halides is 3. The largest absolute Gasteiger partial charge is 0.457 e. The Balaban J connectivity index is 1.46. The van der Waals surface area contributed by atoms with Crippen molar-refractivity contribution in [3.05, 3.63) is 94.6 Å². The van der Waals surface area contributed by atoms with E-state index in [1.54, 1.807) is 0 Å². The van der Waals surface area contributed by atoms with E-state index >= 15 is 0 Å². The highest BCUT2D eigenvalue weighted by molar-refractivity contribution is 5.97. The summed E-state index contributed by atoms with van der Waals surface area (Å²) in [6.45, 7) is 1.41. The lowest BCUT2D eigenvalue weighted by Crippen LogP contribution is -2.15. The fourth-order valence-electron chi connectivity index (χ4n) is 3.76. The van der Waals surface area contributed by atoms with Crippen molar-refractivity contribution in [1.29, 1.82) is 0 Å². The molecular weight excluding hydrogens is 525 g/mol. The van der Waals surface area contributed by atoms with Crippen LogP contribution < -0.4 is 0 Å². The van der Waals surface area contributed by atoms with E-state index in [-0.39, 0.29) is 40.9 Å². The number of hydrogen-bond acceptors (Lipinski definition) is 7. The van der Waals surface area contributed by atoms with Gasteiger partial charge in [0.05, 0.1) is 17.8 Å². The number of aromatic nitrogens is 5. The van der Waals surface area contributed by atoms with E-state index in [1.807, 2.05) is 0 Å². The normalized spacial score (nSPS) is 12.3. The van der Waals surface area contributed by atoms with Crippen molar-refractivity contribution < 1.29 is 36.3 Å². The van der Waals surface area contributed by atoms with E-state index in [4.69, 9.17) is 4.74 Å². The Morgan fingerprint density at radius 2 is 1.79 bits per heavy atom. The number of carbonyl (C=O) groups is 2. The van der Waals surface area contributed by atoms with Gasteiger partial charge in [-0.25, -0.2) is 8.78 Å². The molecule has 3 aromatic heterocycles. The fraction of sp³-hybridized carbons (Fsp3) is 0.231. The van der Waals surface area contributed by atoms with Crippen molar-refractivity contribution in [3.63, 3.8) is 0 Å². The average molecular weight is 545 g/mol. The predicted molar refractivity (Wildman–Crippen MR) is 126 cm³/mol. The van der Waals surface area contributed by atoms with Crippen LogP contribution in [0.25, 0.3) is 11.4 Å². The molecule has 3 heterocycles. The number of Topliss-reactive ketones (excluding diaryl/α,β-unsaturated/α-hetero) is 1. The number of ketones is 1. The minimum absolute atomic E-state index is 0.116. The predicted octanol–water partition coefficient (Wildman–Crippen LogP) is 4.84. The second kappa shape index (κ2) is 11.1. The lowest BCUT2D eigenvalue weighted by molar-refractivity contribution is -0.148. The summed E-state index contributed by atoms with van der Waals surface area (Å²) in [6, 6.07) is 7.87. The van der Waals surface area contributed by atoms with Crippen LogP contribution in [0, 0.1) is 11.6 Å². The van der Waals surface area contributed by atoms with Gasteiger partial charge in [0.15, 0.2) is 5.78 Å². The van der Waals surface area contributed by atoms with Gasteiger partial charge in [0.25, 0.3) is 0 Å². The summed E-state index contributed by atoms with van der Waals surface area (Å²) in [6.07, 6.45) is -4.06. The van der Waals surface area contributed by atoms with E-state index in [2.05, 4.69) is 20.3 Å². The Morgan fingerprint density at radius 1 is 1.03 bits per heavy atom. The van der Waals surface area contributed by atoms with Gasteiger partial charge in [-0.05, 0) is 55.0 Å². The molecule has 1 aromatic carbocycles. The Kier molecular flexibility index (Phi) is 7.79. The maximum Gasteiger partial charge on any atom is 0.433 e. The maximum absolute atomic E-state index is 14.0. The van der Waals surface area contributed by atoms with Gasteiger partial charge in [0.2, 0.25) is 0 Å². The molecule has 4 rings (SSSR count). The minimum atomic E-state index is -4.63. The molecule has 4 aromatic rings. The van der Waals surface area contributed by atoms with Gasteiger partial charge >= 0.3 is 12.1 Å².